The molecule has 0 bridgehead atoms. The molecule has 3 aliphatic heterocycles. The standard InChI is InChI=1S/C51H61F6N11O6S2/c1-30(33-9-11-34(12-10-33)43-31(2)59-29-75-43)61-46(71)41-22-38(69)27-68(41)47(72)44(49(3,4)5)64-45(70)35-13-17-65(18-14-35)25-32-7-6-8-39(21-32)76(73,74)67-19-15-37(16-20-67)62-48-58-24-40(51(55,56)57)42(63-48)36-23-60-66(26-36)28-50(52,53)54/h6-12,21,23-24,26,29-30,35,37-38,41,44,69H,13-20,22,25,27-28H2,1-5H3,(H,61,71)(H,64,70)(H,58,62,63)/t30-,38+,41-,44-/m0/s1. The SMILES string of the molecule is Cc1ncsc1-c1ccc([C@H](C)NC(=O)[C@@H]2C[C@@H](O)CN2C(=O)[C@H](NC(=O)C2CCN(Cc3cccc(S(=O)(=O)N4CCC(Nc5ncc(C(F)(F)F)c(-c6cnn(CC(F)(F)F)c6)n5)CC4)c3)CC2)C(C)(C)C)cc1. The summed E-state index contributed by atoms with van der Waals surface area (Å²) in [6.45, 7) is 9.32. The van der Waals surface area contributed by atoms with Crippen LogP contribution in [-0.4, -0.2) is 133 Å². The summed E-state index contributed by atoms with van der Waals surface area (Å²) >= 11 is 1.55. The van der Waals surface area contributed by atoms with Gasteiger partial charge in [0.25, 0.3) is 0 Å². The fourth-order valence-electron chi connectivity index (χ4n) is 9.90. The number of hydrogen-bond acceptors (Lipinski definition) is 13. The van der Waals surface area contributed by atoms with Gasteiger partial charge >= 0.3 is 12.4 Å². The zero-order chi connectivity index (χ0) is 54.9. The van der Waals surface area contributed by atoms with Crippen LogP contribution in [0.25, 0.3) is 21.7 Å². The minimum atomic E-state index is -4.92. The topological polar surface area (TPSA) is 208 Å². The summed E-state index contributed by atoms with van der Waals surface area (Å²) in [5.41, 5.74) is 2.40. The van der Waals surface area contributed by atoms with Crippen LogP contribution < -0.4 is 16.0 Å². The molecule has 3 aromatic heterocycles. The summed E-state index contributed by atoms with van der Waals surface area (Å²) in [5, 5.41) is 23.3. The van der Waals surface area contributed by atoms with E-state index in [0.29, 0.717) is 43.4 Å². The molecule has 25 heteroatoms. The van der Waals surface area contributed by atoms with E-state index < -0.39 is 93.6 Å². The second kappa shape index (κ2) is 22.5. The maximum absolute atomic E-state index is 14.4. The highest BCUT2D eigenvalue weighted by atomic mass is 32.2. The van der Waals surface area contributed by atoms with E-state index in [2.05, 4.69) is 40.9 Å². The van der Waals surface area contributed by atoms with Gasteiger partial charge < -0.3 is 26.0 Å². The summed E-state index contributed by atoms with van der Waals surface area (Å²) in [4.78, 5) is 58.8. The number of hydrogen-bond donors (Lipinski definition) is 4. The van der Waals surface area contributed by atoms with E-state index in [1.807, 2.05) is 65.0 Å². The number of aliphatic hydroxyl groups excluding tert-OH is 1. The van der Waals surface area contributed by atoms with Crippen LogP contribution in [0.3, 0.4) is 0 Å². The first-order chi connectivity index (χ1) is 35.7. The Morgan fingerprint density at radius 3 is 2.21 bits per heavy atom. The monoisotopic (exact) mass is 1100 g/mol. The van der Waals surface area contributed by atoms with Crippen molar-refractivity contribution in [2.45, 2.75) is 127 Å². The Labute approximate surface area is 440 Å². The third kappa shape index (κ3) is 13.4. The minimum Gasteiger partial charge on any atom is -0.391 e. The normalized spacial score (nSPS) is 19.6. The summed E-state index contributed by atoms with van der Waals surface area (Å²) in [6.07, 6.45) is -6.77. The molecule has 3 saturated heterocycles. The summed E-state index contributed by atoms with van der Waals surface area (Å²) in [7, 11) is -3.97. The average Bonchev–Trinajstić information content (AvgIpc) is 4.13. The molecule has 4 N–H and O–H groups in total. The lowest BCUT2D eigenvalue weighted by Gasteiger charge is -2.37. The van der Waals surface area contributed by atoms with Crippen LogP contribution in [0, 0.1) is 18.3 Å². The van der Waals surface area contributed by atoms with Gasteiger partial charge in [-0.05, 0) is 86.9 Å². The van der Waals surface area contributed by atoms with E-state index in [9.17, 15) is 54.3 Å². The molecule has 6 heterocycles. The average molecular weight is 1100 g/mol. The Hall–Kier alpha value is -6.02. The first-order valence-electron chi connectivity index (χ1n) is 24.9. The van der Waals surface area contributed by atoms with Gasteiger partial charge in [-0.25, -0.2) is 23.4 Å². The smallest absolute Gasteiger partial charge is 0.391 e. The maximum Gasteiger partial charge on any atom is 0.419 e. The van der Waals surface area contributed by atoms with Crippen molar-refractivity contribution in [2.75, 3.05) is 38.0 Å². The lowest BCUT2D eigenvalue weighted by atomic mass is 9.84. The molecule has 0 saturated carbocycles. The molecular weight excluding hydrogens is 1040 g/mol. The molecule has 410 valence electrons. The number of benzene rings is 2. The minimum absolute atomic E-state index is 0.0538. The molecule has 0 aliphatic carbocycles. The lowest BCUT2D eigenvalue weighted by molar-refractivity contribution is -0.145. The number of sulfonamides is 1. The van der Waals surface area contributed by atoms with Crippen LogP contribution in [0.4, 0.5) is 32.3 Å². The Morgan fingerprint density at radius 1 is 0.882 bits per heavy atom. The second-order valence-electron chi connectivity index (χ2n) is 20.8. The zero-order valence-electron chi connectivity index (χ0n) is 42.5. The molecule has 76 heavy (non-hydrogen) atoms. The predicted molar refractivity (Wildman–Crippen MR) is 271 cm³/mol. The van der Waals surface area contributed by atoms with Crippen LogP contribution in [0.2, 0.25) is 0 Å². The van der Waals surface area contributed by atoms with Crippen molar-refractivity contribution >= 4 is 45.0 Å². The number of nitrogens with one attached hydrogen (secondary N) is 3. The van der Waals surface area contributed by atoms with E-state index in [1.165, 1.54) is 15.3 Å². The molecule has 3 amide bonds. The summed E-state index contributed by atoms with van der Waals surface area (Å²) in [5.74, 6) is -1.78. The van der Waals surface area contributed by atoms with Crippen molar-refractivity contribution in [3.63, 3.8) is 0 Å². The lowest BCUT2D eigenvalue weighted by Crippen LogP contribution is -2.59. The number of β-amino-alcohol motifs (C(OH)–C–C–N with tert-alkyl or cyclic N) is 1. The summed E-state index contributed by atoms with van der Waals surface area (Å²) in [6, 6.07) is 11.7. The molecule has 0 spiro atoms. The maximum atomic E-state index is 14.4. The fraction of sp³-hybridized carbons (Fsp3) is 0.510. The van der Waals surface area contributed by atoms with Crippen molar-refractivity contribution < 1.29 is 54.3 Å². The number of rotatable bonds is 15. The van der Waals surface area contributed by atoms with Crippen LogP contribution in [0.5, 0.6) is 0 Å². The van der Waals surface area contributed by atoms with E-state index in [-0.39, 0.29) is 61.2 Å². The van der Waals surface area contributed by atoms with Gasteiger partial charge in [0.1, 0.15) is 24.2 Å². The molecule has 0 unspecified atom stereocenters. The van der Waals surface area contributed by atoms with E-state index in [1.54, 1.807) is 29.0 Å². The number of alkyl halides is 6. The molecule has 8 rings (SSSR count). The van der Waals surface area contributed by atoms with Crippen LogP contribution >= 0.6 is 11.3 Å². The van der Waals surface area contributed by atoms with Gasteiger partial charge in [-0.3, -0.25) is 24.0 Å². The Kier molecular flexibility index (Phi) is 16.6. The molecule has 0 radical (unpaired) electrons. The molecular formula is C51H61F6N11O6S2. The number of halogens is 6. The number of nitrogens with zero attached hydrogens (tertiary/aromatic N) is 8. The molecule has 2 aromatic carbocycles. The predicted octanol–water partition coefficient (Wildman–Crippen LogP) is 7.20. The highest BCUT2D eigenvalue weighted by Gasteiger charge is 2.46. The highest BCUT2D eigenvalue weighted by molar-refractivity contribution is 7.89. The van der Waals surface area contributed by atoms with E-state index in [0.717, 1.165) is 39.7 Å². The van der Waals surface area contributed by atoms with E-state index in [4.69, 9.17) is 0 Å². The number of aryl methyl sites for hydroxylation is 1. The fourth-order valence-corrected chi connectivity index (χ4v) is 12.3. The third-order valence-electron chi connectivity index (χ3n) is 14.1. The number of amides is 3. The van der Waals surface area contributed by atoms with E-state index >= 15 is 0 Å². The zero-order valence-corrected chi connectivity index (χ0v) is 44.2. The number of thiazole rings is 1. The van der Waals surface area contributed by atoms with Crippen molar-refractivity contribution in [3.8, 4) is 21.7 Å². The molecule has 17 nitrogen and oxygen atoms in total. The van der Waals surface area contributed by atoms with Crippen molar-refractivity contribution in [3.05, 3.63) is 95.0 Å². The summed E-state index contributed by atoms with van der Waals surface area (Å²) < 4.78 is 110. The first kappa shape index (κ1) is 56.2. The number of likely N-dealkylation sites (tertiary alicyclic amines) is 2. The van der Waals surface area contributed by atoms with Crippen LogP contribution in [0.15, 0.2) is 77.5 Å². The molecule has 3 fully saturated rings. The van der Waals surface area contributed by atoms with Gasteiger partial charge in [0.05, 0.1) is 45.0 Å². The van der Waals surface area contributed by atoms with Gasteiger partial charge in [0.2, 0.25) is 33.7 Å². The largest absolute Gasteiger partial charge is 0.419 e. The van der Waals surface area contributed by atoms with Crippen molar-refractivity contribution in [1.82, 2.24) is 49.5 Å². The Balaban J connectivity index is 0.825. The van der Waals surface area contributed by atoms with Crippen LogP contribution in [-0.2, 0) is 43.7 Å². The number of anilines is 1. The number of piperidine rings is 2. The van der Waals surface area contributed by atoms with Crippen LogP contribution in [0.1, 0.15) is 88.2 Å². The Morgan fingerprint density at radius 2 is 1.58 bits per heavy atom. The highest BCUT2D eigenvalue weighted by Crippen LogP contribution is 2.37. The van der Waals surface area contributed by atoms with Gasteiger partial charge in [0, 0.05) is 62.5 Å². The van der Waals surface area contributed by atoms with Crippen molar-refractivity contribution in [2.24, 2.45) is 11.3 Å². The first-order valence-corrected chi connectivity index (χ1v) is 27.3. The number of carbonyl (C=O) groups excluding carboxylic acids is 3. The van der Waals surface area contributed by atoms with Crippen molar-refractivity contribution in [1.29, 1.82) is 0 Å². The Bertz CT molecular complexity index is 2990. The van der Waals surface area contributed by atoms with Gasteiger partial charge in [0.15, 0.2) is 0 Å². The van der Waals surface area contributed by atoms with Gasteiger partial charge in [-0.1, -0.05) is 57.2 Å². The third-order valence-corrected chi connectivity index (χ3v) is 16.9. The van der Waals surface area contributed by atoms with Gasteiger partial charge in [-0.2, -0.15) is 35.7 Å². The second-order valence-corrected chi connectivity index (χ2v) is 23.6. The molecule has 4 atom stereocenters. The van der Waals surface area contributed by atoms with Gasteiger partial charge in [-0.15, -0.1) is 11.3 Å². The number of carbonyl (C=O) groups is 3. The molecule has 5 aromatic rings. The molecule has 3 aliphatic rings. The number of aliphatic hydroxyl groups is 1. The quantitative estimate of drug-likeness (QED) is 0.0768. The number of aromatic nitrogens is 5.